The van der Waals surface area contributed by atoms with Gasteiger partial charge in [0.15, 0.2) is 0 Å². The molecule has 94 valence electrons. The first-order valence-corrected chi connectivity index (χ1v) is 5.41. The van der Waals surface area contributed by atoms with Gasteiger partial charge in [-0.15, -0.1) is 11.6 Å². The summed E-state index contributed by atoms with van der Waals surface area (Å²) in [7, 11) is 0. The Labute approximate surface area is 102 Å². The van der Waals surface area contributed by atoms with Gasteiger partial charge in [-0.3, -0.25) is 4.79 Å². The van der Waals surface area contributed by atoms with E-state index in [4.69, 9.17) is 16.7 Å². The number of rotatable bonds is 5. The van der Waals surface area contributed by atoms with Crippen molar-refractivity contribution in [1.82, 2.24) is 0 Å². The highest BCUT2D eigenvalue weighted by Gasteiger charge is 2.19. The summed E-state index contributed by atoms with van der Waals surface area (Å²) < 4.78 is 13.2. The van der Waals surface area contributed by atoms with E-state index in [1.165, 1.54) is 12.1 Å². The lowest BCUT2D eigenvalue weighted by Crippen LogP contribution is -2.20. The molecule has 0 fully saturated rings. The second-order valence-electron chi connectivity index (χ2n) is 3.59. The number of carboxylic acids is 1. The van der Waals surface area contributed by atoms with Gasteiger partial charge in [0.2, 0.25) is 0 Å². The van der Waals surface area contributed by atoms with Crippen LogP contribution >= 0.6 is 11.6 Å². The highest BCUT2D eigenvalue weighted by molar-refractivity contribution is 6.18. The summed E-state index contributed by atoms with van der Waals surface area (Å²) in [6.07, 6.45) is -2.93. The fourth-order valence-electron chi connectivity index (χ4n) is 1.38. The molecule has 0 aliphatic rings. The number of aliphatic carboxylic acids is 1. The number of aliphatic hydroxyl groups excluding tert-OH is 2. The Morgan fingerprint density at radius 1 is 1.41 bits per heavy atom. The minimum Gasteiger partial charge on any atom is -0.481 e. The van der Waals surface area contributed by atoms with Crippen molar-refractivity contribution in [3.8, 4) is 0 Å². The molecule has 0 heterocycles. The smallest absolute Gasteiger partial charge is 0.307 e. The van der Waals surface area contributed by atoms with E-state index in [0.29, 0.717) is 0 Å². The Morgan fingerprint density at radius 2 is 2.06 bits per heavy atom. The molecule has 0 saturated carbocycles. The van der Waals surface area contributed by atoms with Crippen molar-refractivity contribution in [3.05, 3.63) is 35.1 Å². The third kappa shape index (κ3) is 3.66. The first-order chi connectivity index (χ1) is 7.95. The third-order valence-corrected chi connectivity index (χ3v) is 2.59. The maximum Gasteiger partial charge on any atom is 0.307 e. The topological polar surface area (TPSA) is 77.8 Å². The van der Waals surface area contributed by atoms with Crippen molar-refractivity contribution in [2.45, 2.75) is 18.6 Å². The summed E-state index contributed by atoms with van der Waals surface area (Å²) in [5, 5.41) is 27.5. The largest absolute Gasteiger partial charge is 0.481 e. The lowest BCUT2D eigenvalue weighted by atomic mass is 10.0. The zero-order valence-electron chi connectivity index (χ0n) is 8.81. The zero-order chi connectivity index (χ0) is 13.0. The van der Waals surface area contributed by atoms with Gasteiger partial charge in [-0.1, -0.05) is 6.07 Å². The number of alkyl halides is 1. The number of hydrogen-bond acceptors (Lipinski definition) is 3. The Kier molecular flexibility index (Phi) is 4.86. The van der Waals surface area contributed by atoms with Crippen LogP contribution in [-0.4, -0.2) is 33.3 Å². The molecule has 0 radical (unpaired) electrons. The van der Waals surface area contributed by atoms with Crippen LogP contribution in [0.5, 0.6) is 0 Å². The molecule has 6 heteroatoms. The number of halogens is 2. The molecule has 0 spiro atoms. The van der Waals surface area contributed by atoms with Crippen molar-refractivity contribution in [2.24, 2.45) is 0 Å². The number of carboxylic acid groups (broad SMARTS) is 1. The van der Waals surface area contributed by atoms with Gasteiger partial charge < -0.3 is 15.3 Å². The molecule has 3 N–H and O–H groups in total. The van der Waals surface area contributed by atoms with Gasteiger partial charge in [-0.25, -0.2) is 4.39 Å². The fraction of sp³-hybridized carbons (Fsp3) is 0.364. The van der Waals surface area contributed by atoms with Crippen molar-refractivity contribution < 1.29 is 24.5 Å². The van der Waals surface area contributed by atoms with Gasteiger partial charge in [0.05, 0.1) is 18.4 Å². The Hall–Kier alpha value is -1.17. The molecule has 0 bridgehead atoms. The van der Waals surface area contributed by atoms with E-state index in [9.17, 15) is 19.4 Å². The second kappa shape index (κ2) is 5.95. The van der Waals surface area contributed by atoms with E-state index in [1.54, 1.807) is 0 Å². The van der Waals surface area contributed by atoms with Crippen molar-refractivity contribution in [3.63, 3.8) is 0 Å². The van der Waals surface area contributed by atoms with E-state index >= 15 is 0 Å². The van der Waals surface area contributed by atoms with Gasteiger partial charge >= 0.3 is 5.97 Å². The van der Waals surface area contributed by atoms with E-state index < -0.39 is 30.4 Å². The lowest BCUT2D eigenvalue weighted by Gasteiger charge is -2.16. The van der Waals surface area contributed by atoms with Gasteiger partial charge in [-0.2, -0.15) is 0 Å². The number of carbonyl (C=O) groups is 1. The van der Waals surface area contributed by atoms with Crippen LogP contribution < -0.4 is 0 Å². The van der Waals surface area contributed by atoms with Crippen LogP contribution in [-0.2, 0) is 11.2 Å². The predicted octanol–water partition coefficient (Wildman–Crippen LogP) is 1.09. The molecule has 0 aliphatic carbocycles. The van der Waals surface area contributed by atoms with Crippen LogP contribution in [0.25, 0.3) is 0 Å². The number of benzene rings is 1. The molecule has 0 aromatic heterocycles. The maximum atomic E-state index is 13.2. The molecule has 1 aromatic carbocycles. The van der Waals surface area contributed by atoms with Crippen LogP contribution in [0.1, 0.15) is 17.2 Å². The predicted molar refractivity (Wildman–Crippen MR) is 59.4 cm³/mol. The Bertz CT molecular complexity index is 410. The first kappa shape index (κ1) is 13.9. The van der Waals surface area contributed by atoms with Crippen molar-refractivity contribution >= 4 is 17.6 Å². The summed E-state index contributed by atoms with van der Waals surface area (Å²) in [6.45, 7) is 0. The van der Waals surface area contributed by atoms with Crippen LogP contribution in [0.2, 0.25) is 0 Å². The molecule has 17 heavy (non-hydrogen) atoms. The van der Waals surface area contributed by atoms with Crippen molar-refractivity contribution in [2.75, 3.05) is 5.88 Å². The second-order valence-corrected chi connectivity index (χ2v) is 3.90. The SMILES string of the molecule is O=C(O)Cc1cc(C(O)C(O)CCl)ccc1F. The maximum absolute atomic E-state index is 13.2. The van der Waals surface area contributed by atoms with E-state index in [0.717, 1.165) is 6.07 Å². The number of aliphatic hydroxyl groups is 2. The summed E-state index contributed by atoms with van der Waals surface area (Å²) in [4.78, 5) is 10.5. The molecule has 2 unspecified atom stereocenters. The van der Waals surface area contributed by atoms with Crippen LogP contribution in [0.4, 0.5) is 4.39 Å². The highest BCUT2D eigenvalue weighted by Crippen LogP contribution is 2.21. The average molecular weight is 263 g/mol. The molecule has 0 aliphatic heterocycles. The molecule has 1 aromatic rings. The molecule has 0 saturated heterocycles. The molecular formula is C11H12ClFO4. The fourth-order valence-corrected chi connectivity index (χ4v) is 1.55. The quantitative estimate of drug-likeness (QED) is 0.694. The molecule has 4 nitrogen and oxygen atoms in total. The van der Waals surface area contributed by atoms with Gasteiger partial charge in [0.25, 0.3) is 0 Å². The summed E-state index contributed by atoms with van der Waals surface area (Å²) in [5.41, 5.74) is 0.187. The Morgan fingerprint density at radius 3 is 2.59 bits per heavy atom. The molecule has 1 rings (SSSR count). The normalized spacial score (nSPS) is 14.4. The van der Waals surface area contributed by atoms with Gasteiger partial charge in [0.1, 0.15) is 11.9 Å². The summed E-state index contributed by atoms with van der Waals surface area (Å²) in [6, 6.07) is 3.54. The zero-order valence-corrected chi connectivity index (χ0v) is 9.56. The first-order valence-electron chi connectivity index (χ1n) is 4.88. The monoisotopic (exact) mass is 262 g/mol. The summed E-state index contributed by atoms with van der Waals surface area (Å²) >= 11 is 5.37. The minimum absolute atomic E-state index is 0.0455. The molecule has 0 amide bonds. The summed E-state index contributed by atoms with van der Waals surface area (Å²) in [5.74, 6) is -2.01. The molecule has 2 atom stereocenters. The van der Waals surface area contributed by atoms with Crippen LogP contribution in [0, 0.1) is 5.82 Å². The number of hydrogen-bond donors (Lipinski definition) is 3. The van der Waals surface area contributed by atoms with E-state index in [2.05, 4.69) is 0 Å². The van der Waals surface area contributed by atoms with Crippen LogP contribution in [0.3, 0.4) is 0 Å². The van der Waals surface area contributed by atoms with Crippen molar-refractivity contribution in [1.29, 1.82) is 0 Å². The third-order valence-electron chi connectivity index (χ3n) is 2.28. The van der Waals surface area contributed by atoms with Gasteiger partial charge in [0, 0.05) is 0 Å². The minimum atomic E-state index is -1.26. The van der Waals surface area contributed by atoms with E-state index in [1.807, 2.05) is 0 Å². The Balaban J connectivity index is 2.99. The van der Waals surface area contributed by atoms with E-state index in [-0.39, 0.29) is 17.0 Å². The lowest BCUT2D eigenvalue weighted by molar-refractivity contribution is -0.136. The van der Waals surface area contributed by atoms with Gasteiger partial charge in [-0.05, 0) is 23.3 Å². The standard InChI is InChI=1S/C11H12ClFO4/c12-5-9(14)11(17)6-1-2-8(13)7(3-6)4-10(15)16/h1-3,9,11,14,17H,4-5H2,(H,15,16). The molecular weight excluding hydrogens is 251 g/mol. The average Bonchev–Trinajstić information content (AvgIpc) is 2.29. The highest BCUT2D eigenvalue weighted by atomic mass is 35.5. The van der Waals surface area contributed by atoms with Crippen LogP contribution in [0.15, 0.2) is 18.2 Å².